The van der Waals surface area contributed by atoms with Crippen LogP contribution >= 0.6 is 0 Å². The summed E-state index contributed by atoms with van der Waals surface area (Å²) in [6.07, 6.45) is 3.39. The Bertz CT molecular complexity index is 873. The normalized spacial score (nSPS) is 15.2. The van der Waals surface area contributed by atoms with Gasteiger partial charge in [-0.3, -0.25) is 4.79 Å². The first-order chi connectivity index (χ1) is 13.2. The molecule has 1 aliphatic rings. The van der Waals surface area contributed by atoms with Crippen molar-refractivity contribution in [2.75, 3.05) is 13.1 Å². The van der Waals surface area contributed by atoms with Crippen molar-refractivity contribution < 1.29 is 13.6 Å². The number of benzene rings is 1. The SMILES string of the molecule is Cc1ccc(-c2ccc(CNC3CCN(C(=O)c4ccco4)CC3)o2)cc1. The van der Waals surface area contributed by atoms with E-state index in [2.05, 4.69) is 36.5 Å². The van der Waals surface area contributed by atoms with Crippen LogP contribution in [0.15, 0.2) is 63.6 Å². The van der Waals surface area contributed by atoms with Crippen LogP contribution in [-0.4, -0.2) is 29.9 Å². The van der Waals surface area contributed by atoms with Gasteiger partial charge in [0.25, 0.3) is 5.91 Å². The predicted molar refractivity (Wildman–Crippen MR) is 103 cm³/mol. The van der Waals surface area contributed by atoms with Crippen molar-refractivity contribution in [2.45, 2.75) is 32.4 Å². The molecule has 140 valence electrons. The highest BCUT2D eigenvalue weighted by Gasteiger charge is 2.24. The zero-order valence-corrected chi connectivity index (χ0v) is 15.5. The molecule has 0 spiro atoms. The Morgan fingerprint density at radius 2 is 1.89 bits per heavy atom. The molecule has 27 heavy (non-hydrogen) atoms. The van der Waals surface area contributed by atoms with E-state index >= 15 is 0 Å². The standard InChI is InChI=1S/C22H24N2O3/c1-16-4-6-17(7-5-16)20-9-8-19(27-20)15-23-18-10-12-24(13-11-18)22(25)21-3-2-14-26-21/h2-9,14,18,23H,10-13,15H2,1H3. The van der Waals surface area contributed by atoms with E-state index in [0.29, 0.717) is 18.3 Å². The molecule has 0 radical (unpaired) electrons. The Morgan fingerprint density at radius 3 is 2.59 bits per heavy atom. The number of nitrogens with zero attached hydrogens (tertiary/aromatic N) is 1. The fourth-order valence-corrected chi connectivity index (χ4v) is 3.43. The first kappa shape index (κ1) is 17.6. The number of carbonyl (C=O) groups is 1. The Kier molecular flexibility index (Phi) is 5.12. The lowest BCUT2D eigenvalue weighted by Crippen LogP contribution is -2.44. The van der Waals surface area contributed by atoms with Gasteiger partial charge in [0.05, 0.1) is 12.8 Å². The van der Waals surface area contributed by atoms with Crippen molar-refractivity contribution in [1.29, 1.82) is 0 Å². The third-order valence-corrected chi connectivity index (χ3v) is 5.08. The summed E-state index contributed by atoms with van der Waals surface area (Å²) in [5, 5.41) is 3.55. The maximum absolute atomic E-state index is 12.3. The quantitative estimate of drug-likeness (QED) is 0.736. The molecule has 0 saturated carbocycles. The number of amides is 1. The van der Waals surface area contributed by atoms with Crippen LogP contribution in [0.1, 0.15) is 34.7 Å². The highest BCUT2D eigenvalue weighted by molar-refractivity contribution is 5.91. The predicted octanol–water partition coefficient (Wildman–Crippen LogP) is 4.24. The number of piperidine rings is 1. The summed E-state index contributed by atoms with van der Waals surface area (Å²) >= 11 is 0. The zero-order valence-electron chi connectivity index (χ0n) is 15.5. The number of rotatable bonds is 5. The molecular formula is C22H24N2O3. The van der Waals surface area contributed by atoms with Gasteiger partial charge in [0.1, 0.15) is 11.5 Å². The Labute approximate surface area is 159 Å². The molecule has 4 rings (SSSR count). The van der Waals surface area contributed by atoms with Crippen LogP contribution in [-0.2, 0) is 6.54 Å². The average molecular weight is 364 g/mol. The number of aryl methyl sites for hydroxylation is 1. The Hall–Kier alpha value is -2.79. The number of hydrogen-bond donors (Lipinski definition) is 1. The molecule has 0 aliphatic carbocycles. The Morgan fingerprint density at radius 1 is 1.11 bits per heavy atom. The van der Waals surface area contributed by atoms with Crippen LogP contribution in [0.5, 0.6) is 0 Å². The zero-order chi connectivity index (χ0) is 18.6. The molecule has 0 unspecified atom stereocenters. The van der Waals surface area contributed by atoms with Crippen molar-refractivity contribution in [3.8, 4) is 11.3 Å². The second kappa shape index (κ2) is 7.84. The second-order valence-corrected chi connectivity index (χ2v) is 7.06. The van der Waals surface area contributed by atoms with E-state index in [9.17, 15) is 4.79 Å². The van der Waals surface area contributed by atoms with Gasteiger partial charge in [-0.05, 0) is 44.0 Å². The van der Waals surface area contributed by atoms with Crippen LogP contribution < -0.4 is 5.32 Å². The third kappa shape index (κ3) is 4.14. The summed E-state index contributed by atoms with van der Waals surface area (Å²) < 4.78 is 11.2. The smallest absolute Gasteiger partial charge is 0.289 e. The summed E-state index contributed by atoms with van der Waals surface area (Å²) in [5.41, 5.74) is 2.33. The summed E-state index contributed by atoms with van der Waals surface area (Å²) in [7, 11) is 0. The summed E-state index contributed by atoms with van der Waals surface area (Å²) in [5.74, 6) is 2.22. The molecule has 3 aromatic rings. The summed E-state index contributed by atoms with van der Waals surface area (Å²) in [6, 6.07) is 16.2. The number of furan rings is 2. The molecule has 1 N–H and O–H groups in total. The van der Waals surface area contributed by atoms with Gasteiger partial charge >= 0.3 is 0 Å². The number of nitrogens with one attached hydrogen (secondary N) is 1. The Balaban J connectivity index is 1.27. The van der Waals surface area contributed by atoms with E-state index in [1.807, 2.05) is 17.0 Å². The van der Waals surface area contributed by atoms with Crippen LogP contribution in [0.25, 0.3) is 11.3 Å². The van der Waals surface area contributed by atoms with Crippen molar-refractivity contribution in [3.05, 3.63) is 71.9 Å². The molecule has 0 bridgehead atoms. The number of carbonyl (C=O) groups excluding carboxylic acids is 1. The fourth-order valence-electron chi connectivity index (χ4n) is 3.43. The van der Waals surface area contributed by atoms with Crippen molar-refractivity contribution in [1.82, 2.24) is 10.2 Å². The summed E-state index contributed by atoms with van der Waals surface area (Å²) in [4.78, 5) is 14.2. The van der Waals surface area contributed by atoms with E-state index in [1.54, 1.807) is 12.1 Å². The molecule has 1 aromatic carbocycles. The molecule has 5 heteroatoms. The van der Waals surface area contributed by atoms with Crippen LogP contribution in [0.2, 0.25) is 0 Å². The minimum absolute atomic E-state index is 0.0211. The van der Waals surface area contributed by atoms with Gasteiger partial charge in [-0.1, -0.05) is 29.8 Å². The molecule has 1 amide bonds. The van der Waals surface area contributed by atoms with Gasteiger partial charge < -0.3 is 19.1 Å². The van der Waals surface area contributed by atoms with E-state index in [-0.39, 0.29) is 5.91 Å². The molecule has 2 aromatic heterocycles. The maximum atomic E-state index is 12.3. The molecule has 1 fully saturated rings. The van der Waals surface area contributed by atoms with Crippen LogP contribution in [0.4, 0.5) is 0 Å². The third-order valence-electron chi connectivity index (χ3n) is 5.08. The lowest BCUT2D eigenvalue weighted by Gasteiger charge is -2.31. The first-order valence-corrected chi connectivity index (χ1v) is 9.41. The van der Waals surface area contributed by atoms with Gasteiger partial charge in [0, 0.05) is 24.7 Å². The highest BCUT2D eigenvalue weighted by Crippen LogP contribution is 2.23. The monoisotopic (exact) mass is 364 g/mol. The van der Waals surface area contributed by atoms with E-state index in [0.717, 1.165) is 43.0 Å². The largest absolute Gasteiger partial charge is 0.460 e. The van der Waals surface area contributed by atoms with Crippen molar-refractivity contribution >= 4 is 5.91 Å². The molecule has 1 aliphatic heterocycles. The van der Waals surface area contributed by atoms with Gasteiger partial charge in [-0.15, -0.1) is 0 Å². The van der Waals surface area contributed by atoms with Gasteiger partial charge in [0.15, 0.2) is 5.76 Å². The van der Waals surface area contributed by atoms with Crippen LogP contribution in [0.3, 0.4) is 0 Å². The summed E-state index contributed by atoms with van der Waals surface area (Å²) in [6.45, 7) is 4.26. The second-order valence-electron chi connectivity index (χ2n) is 7.06. The van der Waals surface area contributed by atoms with Gasteiger partial charge in [-0.2, -0.15) is 0 Å². The topological polar surface area (TPSA) is 58.6 Å². The molecular weight excluding hydrogens is 340 g/mol. The molecule has 0 atom stereocenters. The van der Waals surface area contributed by atoms with E-state index in [4.69, 9.17) is 8.83 Å². The number of likely N-dealkylation sites (tertiary alicyclic amines) is 1. The van der Waals surface area contributed by atoms with Gasteiger partial charge in [-0.25, -0.2) is 0 Å². The lowest BCUT2D eigenvalue weighted by molar-refractivity contribution is 0.0672. The number of hydrogen-bond acceptors (Lipinski definition) is 4. The van der Waals surface area contributed by atoms with Crippen molar-refractivity contribution in [3.63, 3.8) is 0 Å². The van der Waals surface area contributed by atoms with E-state index in [1.165, 1.54) is 11.8 Å². The van der Waals surface area contributed by atoms with E-state index < -0.39 is 0 Å². The fraction of sp³-hybridized carbons (Fsp3) is 0.318. The average Bonchev–Trinajstić information content (AvgIpc) is 3.39. The lowest BCUT2D eigenvalue weighted by atomic mass is 10.0. The molecule has 1 saturated heterocycles. The first-order valence-electron chi connectivity index (χ1n) is 9.41. The van der Waals surface area contributed by atoms with Crippen molar-refractivity contribution in [2.24, 2.45) is 0 Å². The van der Waals surface area contributed by atoms with Gasteiger partial charge in [0.2, 0.25) is 0 Å². The highest BCUT2D eigenvalue weighted by atomic mass is 16.3. The maximum Gasteiger partial charge on any atom is 0.289 e. The van der Waals surface area contributed by atoms with Crippen LogP contribution in [0, 0.1) is 6.92 Å². The molecule has 5 nitrogen and oxygen atoms in total. The minimum Gasteiger partial charge on any atom is -0.460 e. The molecule has 3 heterocycles. The minimum atomic E-state index is -0.0211.